The molecule has 0 heterocycles. The Labute approximate surface area is 133 Å². The summed E-state index contributed by atoms with van der Waals surface area (Å²) in [4.78, 5) is 0.0944. The van der Waals surface area contributed by atoms with Crippen molar-refractivity contribution in [2.24, 2.45) is 5.41 Å². The third-order valence-corrected chi connectivity index (χ3v) is 6.63. The number of nitrogens with zero attached hydrogens (tertiary/aromatic N) is 1. The number of rotatable bonds is 4. The molecular weight excluding hydrogens is 317 g/mol. The molecule has 1 N–H and O–H groups in total. The molecule has 1 saturated carbocycles. The number of aliphatic hydroxyl groups excluding tert-OH is 1. The number of halogens is 1. The summed E-state index contributed by atoms with van der Waals surface area (Å²) in [5.74, 6) is -1.26. The maximum absolute atomic E-state index is 13.5. The average Bonchev–Trinajstić information content (AvgIpc) is 3.26. The van der Waals surface area contributed by atoms with E-state index in [1.807, 2.05) is 6.07 Å². The van der Waals surface area contributed by atoms with Gasteiger partial charge in [0.2, 0.25) is 0 Å². The van der Waals surface area contributed by atoms with Gasteiger partial charge in [0.25, 0.3) is 0 Å². The molecule has 0 saturated heterocycles. The van der Waals surface area contributed by atoms with Crippen LogP contribution in [0.3, 0.4) is 0 Å². The van der Waals surface area contributed by atoms with Crippen molar-refractivity contribution < 1.29 is 17.9 Å². The molecule has 23 heavy (non-hydrogen) atoms. The first-order valence-electron chi connectivity index (χ1n) is 7.04. The highest BCUT2D eigenvalue weighted by molar-refractivity contribution is 7.92. The van der Waals surface area contributed by atoms with Gasteiger partial charge in [-0.05, 0) is 29.8 Å². The molecule has 0 spiro atoms. The molecule has 3 atom stereocenters. The van der Waals surface area contributed by atoms with Crippen molar-refractivity contribution in [3.05, 3.63) is 66.0 Å². The molecule has 0 radical (unpaired) electrons. The number of hydrogen-bond acceptors (Lipinski definition) is 4. The molecule has 0 unspecified atom stereocenters. The number of aliphatic hydroxyl groups is 1. The van der Waals surface area contributed by atoms with Crippen LogP contribution in [0, 0.1) is 22.6 Å². The Bertz CT molecular complexity index is 876. The summed E-state index contributed by atoms with van der Waals surface area (Å²) < 4.78 is 39.1. The summed E-state index contributed by atoms with van der Waals surface area (Å²) in [7, 11) is -3.81. The fourth-order valence-electron chi connectivity index (χ4n) is 3.15. The number of nitriles is 1. The Morgan fingerprint density at radius 3 is 2.43 bits per heavy atom. The maximum Gasteiger partial charge on any atom is 0.183 e. The number of benzene rings is 2. The zero-order valence-electron chi connectivity index (χ0n) is 12.1. The van der Waals surface area contributed by atoms with Gasteiger partial charge < -0.3 is 5.11 Å². The first-order chi connectivity index (χ1) is 11.0. The molecule has 0 bridgehead atoms. The lowest BCUT2D eigenvalue weighted by Crippen LogP contribution is -2.18. The maximum atomic E-state index is 13.5. The van der Waals surface area contributed by atoms with Crippen LogP contribution in [0.1, 0.15) is 11.5 Å². The van der Waals surface area contributed by atoms with Crippen molar-refractivity contribution in [3.63, 3.8) is 0 Å². The molecule has 0 amide bonds. The predicted molar refractivity (Wildman–Crippen MR) is 81.7 cm³/mol. The van der Waals surface area contributed by atoms with Gasteiger partial charge in [-0.15, -0.1) is 0 Å². The van der Waals surface area contributed by atoms with E-state index in [9.17, 15) is 23.2 Å². The van der Waals surface area contributed by atoms with E-state index in [4.69, 9.17) is 0 Å². The fourth-order valence-corrected chi connectivity index (χ4v) is 5.48. The highest BCUT2D eigenvalue weighted by Gasteiger charge is 2.72. The summed E-state index contributed by atoms with van der Waals surface area (Å²) in [6, 6.07) is 15.3. The van der Waals surface area contributed by atoms with Crippen LogP contribution in [0.25, 0.3) is 0 Å². The van der Waals surface area contributed by atoms with Gasteiger partial charge in [0.1, 0.15) is 11.2 Å². The van der Waals surface area contributed by atoms with Crippen LogP contribution in [-0.4, -0.2) is 25.4 Å². The van der Waals surface area contributed by atoms with E-state index in [0.717, 1.165) is 0 Å². The van der Waals surface area contributed by atoms with Crippen LogP contribution >= 0.6 is 0 Å². The minimum atomic E-state index is -3.81. The molecule has 0 aliphatic heterocycles. The lowest BCUT2D eigenvalue weighted by atomic mass is 10.0. The van der Waals surface area contributed by atoms with Crippen molar-refractivity contribution in [3.8, 4) is 6.07 Å². The molecule has 4 nitrogen and oxygen atoms in total. The normalized spacial score (nSPS) is 26.5. The summed E-state index contributed by atoms with van der Waals surface area (Å²) in [5, 5.41) is 18.0. The van der Waals surface area contributed by atoms with Gasteiger partial charge in [-0.2, -0.15) is 5.26 Å². The van der Waals surface area contributed by atoms with Crippen molar-refractivity contribution in [1.29, 1.82) is 5.26 Å². The van der Waals surface area contributed by atoms with Gasteiger partial charge in [0.15, 0.2) is 9.84 Å². The molecule has 2 aromatic carbocycles. The molecule has 1 aliphatic rings. The summed E-state index contributed by atoms with van der Waals surface area (Å²) in [6.45, 7) is -0.596. The van der Waals surface area contributed by atoms with E-state index in [2.05, 4.69) is 0 Å². The standard InChI is InChI=1S/C17H14FNO3S/c18-13-6-4-5-12(9-13)15-16(17(15,10-19)11-20)23(21,22)14-7-2-1-3-8-14/h1-9,15-16,20H,11H2/t15-,16-,17-/m0/s1. The largest absolute Gasteiger partial charge is 0.395 e. The molecule has 0 aromatic heterocycles. The topological polar surface area (TPSA) is 78.2 Å². The van der Waals surface area contributed by atoms with Crippen LogP contribution in [0.5, 0.6) is 0 Å². The van der Waals surface area contributed by atoms with Crippen molar-refractivity contribution in [2.45, 2.75) is 16.1 Å². The van der Waals surface area contributed by atoms with Crippen LogP contribution < -0.4 is 0 Å². The van der Waals surface area contributed by atoms with Gasteiger partial charge in [-0.3, -0.25) is 0 Å². The van der Waals surface area contributed by atoms with Gasteiger partial charge in [-0.1, -0.05) is 30.3 Å². The molecule has 2 aromatic rings. The van der Waals surface area contributed by atoms with Crippen LogP contribution in [0.4, 0.5) is 4.39 Å². The van der Waals surface area contributed by atoms with Gasteiger partial charge in [0.05, 0.1) is 22.8 Å². The van der Waals surface area contributed by atoms with E-state index in [0.29, 0.717) is 5.56 Å². The van der Waals surface area contributed by atoms with Crippen molar-refractivity contribution in [2.75, 3.05) is 6.61 Å². The Kier molecular flexibility index (Phi) is 3.71. The highest BCUT2D eigenvalue weighted by Crippen LogP contribution is 2.63. The van der Waals surface area contributed by atoms with E-state index >= 15 is 0 Å². The average molecular weight is 331 g/mol. The molecule has 1 fully saturated rings. The Balaban J connectivity index is 2.10. The minimum Gasteiger partial charge on any atom is -0.395 e. The molecule has 6 heteroatoms. The first-order valence-corrected chi connectivity index (χ1v) is 8.58. The van der Waals surface area contributed by atoms with Crippen LogP contribution in [0.15, 0.2) is 59.5 Å². The van der Waals surface area contributed by atoms with Gasteiger partial charge >= 0.3 is 0 Å². The molecular formula is C17H14FNO3S. The second-order valence-electron chi connectivity index (χ2n) is 5.62. The third kappa shape index (κ3) is 2.33. The highest BCUT2D eigenvalue weighted by atomic mass is 32.2. The van der Waals surface area contributed by atoms with Crippen LogP contribution in [-0.2, 0) is 9.84 Å². The second kappa shape index (κ2) is 5.44. The summed E-state index contributed by atoms with van der Waals surface area (Å²) in [5.41, 5.74) is -1.03. The summed E-state index contributed by atoms with van der Waals surface area (Å²) in [6.07, 6.45) is 0. The monoisotopic (exact) mass is 331 g/mol. The van der Waals surface area contributed by atoms with Gasteiger partial charge in [-0.25, -0.2) is 12.8 Å². The van der Waals surface area contributed by atoms with E-state index in [-0.39, 0.29) is 4.90 Å². The quantitative estimate of drug-likeness (QED) is 0.932. The van der Waals surface area contributed by atoms with Crippen molar-refractivity contribution >= 4 is 9.84 Å². The fraction of sp³-hybridized carbons (Fsp3) is 0.235. The Morgan fingerprint density at radius 1 is 1.17 bits per heavy atom. The zero-order valence-corrected chi connectivity index (χ0v) is 12.9. The second-order valence-corrected chi connectivity index (χ2v) is 7.69. The SMILES string of the molecule is N#C[C@]1(CO)[C@@H](c2cccc(F)c2)[C@@H]1S(=O)(=O)c1ccccc1. The minimum absolute atomic E-state index is 0.0944. The Morgan fingerprint density at radius 2 is 1.87 bits per heavy atom. The molecule has 118 valence electrons. The smallest absolute Gasteiger partial charge is 0.183 e. The number of sulfone groups is 1. The predicted octanol–water partition coefficient (Wildman–Crippen LogP) is 2.27. The Hall–Kier alpha value is -2.23. The van der Waals surface area contributed by atoms with E-state index in [1.165, 1.54) is 30.3 Å². The van der Waals surface area contributed by atoms with Gasteiger partial charge in [0, 0.05) is 5.92 Å². The van der Waals surface area contributed by atoms with E-state index in [1.54, 1.807) is 24.3 Å². The lowest BCUT2D eigenvalue weighted by Gasteiger charge is -2.05. The number of hydrogen-bond donors (Lipinski definition) is 1. The summed E-state index contributed by atoms with van der Waals surface area (Å²) >= 11 is 0. The lowest BCUT2D eigenvalue weighted by molar-refractivity contribution is 0.242. The zero-order chi connectivity index (χ0) is 16.7. The molecule has 3 rings (SSSR count). The van der Waals surface area contributed by atoms with Crippen molar-refractivity contribution in [1.82, 2.24) is 0 Å². The first kappa shape index (κ1) is 15.7. The van der Waals surface area contributed by atoms with E-state index < -0.39 is 38.8 Å². The van der Waals surface area contributed by atoms with Crippen LogP contribution in [0.2, 0.25) is 0 Å². The molecule has 1 aliphatic carbocycles. The third-order valence-electron chi connectivity index (χ3n) is 4.34.